The third kappa shape index (κ3) is 1.40. The van der Waals surface area contributed by atoms with Crippen molar-refractivity contribution in [1.82, 2.24) is 4.98 Å². The van der Waals surface area contributed by atoms with Crippen molar-refractivity contribution >= 4 is 15.9 Å². The first-order chi connectivity index (χ1) is 6.17. The van der Waals surface area contributed by atoms with E-state index in [9.17, 15) is 5.11 Å². The number of aromatic nitrogens is 1. The summed E-state index contributed by atoms with van der Waals surface area (Å²) in [4.78, 5) is 4.17. The van der Waals surface area contributed by atoms with Crippen LogP contribution in [0.2, 0.25) is 0 Å². The number of rotatable bonds is 2. The largest absolute Gasteiger partial charge is 0.392 e. The minimum atomic E-state index is -0.284. The lowest BCUT2D eigenvalue weighted by Crippen LogP contribution is -2.23. The molecule has 0 saturated heterocycles. The van der Waals surface area contributed by atoms with E-state index < -0.39 is 0 Å². The normalized spacial score (nSPS) is 21.2. The Morgan fingerprint density at radius 2 is 2.31 bits per heavy atom. The van der Waals surface area contributed by atoms with Crippen molar-refractivity contribution < 1.29 is 5.11 Å². The van der Waals surface area contributed by atoms with E-state index in [-0.39, 0.29) is 11.5 Å². The molecule has 1 N–H and O–H groups in total. The van der Waals surface area contributed by atoms with Gasteiger partial charge in [0, 0.05) is 11.6 Å². The molecule has 1 aliphatic rings. The number of aliphatic hydroxyl groups excluding tert-OH is 1. The van der Waals surface area contributed by atoms with Crippen LogP contribution < -0.4 is 0 Å². The maximum absolute atomic E-state index is 9.67. The second-order valence-corrected chi connectivity index (χ2v) is 4.43. The Labute approximate surface area is 86.1 Å². The summed E-state index contributed by atoms with van der Waals surface area (Å²) in [5.74, 6) is 0. The van der Waals surface area contributed by atoms with Gasteiger partial charge in [-0.1, -0.05) is 6.07 Å². The highest BCUT2D eigenvalue weighted by Crippen LogP contribution is 2.52. The van der Waals surface area contributed by atoms with E-state index in [1.165, 1.54) is 0 Å². The highest BCUT2D eigenvalue weighted by Gasteiger charge is 2.49. The lowest BCUT2D eigenvalue weighted by molar-refractivity contribution is 0.150. The van der Waals surface area contributed by atoms with Crippen molar-refractivity contribution in [3.8, 4) is 0 Å². The lowest BCUT2D eigenvalue weighted by Gasteiger charge is -2.19. The standard InChI is InChI=1S/C10H12BrNO/c1-7(13)10(4-5-10)8-3-2-6-12-9(8)11/h2-3,6-7,13H,4-5H2,1H3. The third-order valence-corrected chi connectivity index (χ3v) is 3.52. The average Bonchev–Trinajstić information content (AvgIpc) is 2.85. The molecule has 1 aromatic heterocycles. The van der Waals surface area contributed by atoms with Crippen LogP contribution in [0.5, 0.6) is 0 Å². The minimum absolute atomic E-state index is 0.0207. The molecule has 13 heavy (non-hydrogen) atoms. The van der Waals surface area contributed by atoms with Crippen molar-refractivity contribution in [3.05, 3.63) is 28.5 Å². The van der Waals surface area contributed by atoms with Gasteiger partial charge in [0.25, 0.3) is 0 Å². The molecular weight excluding hydrogens is 230 g/mol. The van der Waals surface area contributed by atoms with Crippen molar-refractivity contribution in [3.63, 3.8) is 0 Å². The monoisotopic (exact) mass is 241 g/mol. The summed E-state index contributed by atoms with van der Waals surface area (Å²) >= 11 is 3.42. The van der Waals surface area contributed by atoms with Gasteiger partial charge in [0.15, 0.2) is 0 Å². The van der Waals surface area contributed by atoms with Crippen LogP contribution in [0.4, 0.5) is 0 Å². The smallest absolute Gasteiger partial charge is 0.109 e. The topological polar surface area (TPSA) is 33.1 Å². The molecular formula is C10H12BrNO. The van der Waals surface area contributed by atoms with E-state index in [1.807, 2.05) is 19.1 Å². The zero-order chi connectivity index (χ0) is 9.47. The van der Waals surface area contributed by atoms with Crippen molar-refractivity contribution in [1.29, 1.82) is 0 Å². The van der Waals surface area contributed by atoms with Gasteiger partial charge >= 0.3 is 0 Å². The van der Waals surface area contributed by atoms with Crippen LogP contribution in [0.1, 0.15) is 25.3 Å². The zero-order valence-electron chi connectivity index (χ0n) is 7.50. The first kappa shape index (κ1) is 9.16. The SMILES string of the molecule is CC(O)C1(c2cccnc2Br)CC1. The van der Waals surface area contributed by atoms with Crippen LogP contribution in [-0.2, 0) is 5.41 Å². The zero-order valence-corrected chi connectivity index (χ0v) is 9.08. The summed E-state index contributed by atoms with van der Waals surface area (Å²) in [6, 6.07) is 3.96. The Kier molecular flexibility index (Phi) is 2.16. The van der Waals surface area contributed by atoms with Gasteiger partial charge < -0.3 is 5.11 Å². The quantitative estimate of drug-likeness (QED) is 0.807. The first-order valence-electron chi connectivity index (χ1n) is 4.46. The summed E-state index contributed by atoms with van der Waals surface area (Å²) in [6.07, 6.45) is 3.60. The number of pyridine rings is 1. The predicted molar refractivity (Wildman–Crippen MR) is 54.5 cm³/mol. The highest BCUT2D eigenvalue weighted by molar-refractivity contribution is 9.10. The van der Waals surface area contributed by atoms with Crippen molar-refractivity contribution in [2.75, 3.05) is 0 Å². The van der Waals surface area contributed by atoms with Gasteiger partial charge in [0.05, 0.1) is 6.10 Å². The Morgan fingerprint density at radius 3 is 2.77 bits per heavy atom. The van der Waals surface area contributed by atoms with Gasteiger partial charge in [0.2, 0.25) is 0 Å². The molecule has 1 aromatic rings. The minimum Gasteiger partial charge on any atom is -0.392 e. The number of hydrogen-bond acceptors (Lipinski definition) is 2. The molecule has 1 aliphatic carbocycles. The highest BCUT2D eigenvalue weighted by atomic mass is 79.9. The molecule has 1 heterocycles. The molecule has 1 fully saturated rings. The molecule has 0 bridgehead atoms. The van der Waals surface area contributed by atoms with Crippen LogP contribution >= 0.6 is 15.9 Å². The van der Waals surface area contributed by atoms with E-state index in [4.69, 9.17) is 0 Å². The number of hydrogen-bond donors (Lipinski definition) is 1. The molecule has 3 heteroatoms. The summed E-state index contributed by atoms with van der Waals surface area (Å²) in [7, 11) is 0. The fourth-order valence-electron chi connectivity index (χ4n) is 1.80. The first-order valence-corrected chi connectivity index (χ1v) is 5.25. The third-order valence-electron chi connectivity index (χ3n) is 2.88. The van der Waals surface area contributed by atoms with E-state index in [2.05, 4.69) is 20.9 Å². The van der Waals surface area contributed by atoms with Crippen LogP contribution in [0, 0.1) is 0 Å². The van der Waals surface area contributed by atoms with Crippen LogP contribution in [-0.4, -0.2) is 16.2 Å². The molecule has 1 unspecified atom stereocenters. The van der Waals surface area contributed by atoms with Crippen molar-refractivity contribution in [2.24, 2.45) is 0 Å². The number of nitrogens with zero attached hydrogens (tertiary/aromatic N) is 1. The van der Waals surface area contributed by atoms with Gasteiger partial charge in [-0.15, -0.1) is 0 Å². The number of aliphatic hydroxyl groups is 1. The maximum atomic E-state index is 9.67. The molecule has 70 valence electrons. The average molecular weight is 242 g/mol. The van der Waals surface area contributed by atoms with Crippen LogP contribution in [0.3, 0.4) is 0 Å². The van der Waals surface area contributed by atoms with Gasteiger partial charge in [0.1, 0.15) is 4.60 Å². The molecule has 0 aromatic carbocycles. The van der Waals surface area contributed by atoms with Gasteiger partial charge in [-0.2, -0.15) is 0 Å². The maximum Gasteiger partial charge on any atom is 0.109 e. The van der Waals surface area contributed by atoms with Gasteiger partial charge in [-0.25, -0.2) is 4.98 Å². The van der Waals surface area contributed by atoms with Crippen LogP contribution in [0.25, 0.3) is 0 Å². The summed E-state index contributed by atoms with van der Waals surface area (Å²) < 4.78 is 0.869. The Morgan fingerprint density at radius 1 is 1.62 bits per heavy atom. The number of halogens is 1. The Balaban J connectivity index is 2.41. The molecule has 2 rings (SSSR count). The molecule has 1 saturated carbocycles. The van der Waals surface area contributed by atoms with E-state index >= 15 is 0 Å². The van der Waals surface area contributed by atoms with E-state index in [0.29, 0.717) is 0 Å². The van der Waals surface area contributed by atoms with E-state index in [1.54, 1.807) is 6.20 Å². The Bertz CT molecular complexity index is 320. The summed E-state index contributed by atoms with van der Waals surface area (Å²) in [5, 5.41) is 9.67. The molecule has 0 amide bonds. The summed E-state index contributed by atoms with van der Waals surface area (Å²) in [6.45, 7) is 1.85. The second kappa shape index (κ2) is 3.07. The summed E-state index contributed by atoms with van der Waals surface area (Å²) in [5.41, 5.74) is 1.12. The molecule has 0 spiro atoms. The fourth-order valence-corrected chi connectivity index (χ4v) is 2.45. The van der Waals surface area contributed by atoms with Crippen molar-refractivity contribution in [2.45, 2.75) is 31.3 Å². The molecule has 0 radical (unpaired) electrons. The predicted octanol–water partition coefficient (Wildman–Crippen LogP) is 2.26. The van der Waals surface area contributed by atoms with Gasteiger partial charge in [-0.05, 0) is 47.3 Å². The van der Waals surface area contributed by atoms with Gasteiger partial charge in [-0.3, -0.25) is 0 Å². The molecule has 2 nitrogen and oxygen atoms in total. The lowest BCUT2D eigenvalue weighted by atomic mass is 9.92. The van der Waals surface area contributed by atoms with Crippen LogP contribution in [0.15, 0.2) is 22.9 Å². The Hall–Kier alpha value is -0.410. The molecule has 0 aliphatic heterocycles. The second-order valence-electron chi connectivity index (χ2n) is 3.67. The fraction of sp³-hybridized carbons (Fsp3) is 0.500. The molecule has 1 atom stereocenters. The van der Waals surface area contributed by atoms with E-state index in [0.717, 1.165) is 23.0 Å².